The molecule has 2 aromatic carbocycles. The van der Waals surface area contributed by atoms with Crippen LogP contribution in [-0.2, 0) is 4.79 Å². The molecule has 0 spiro atoms. The van der Waals surface area contributed by atoms with Crippen LogP contribution < -0.4 is 10.5 Å². The normalized spacial score (nSPS) is 16.6. The number of para-hydroxylation sites is 2. The lowest BCUT2D eigenvalue weighted by molar-refractivity contribution is -0.134. The van der Waals surface area contributed by atoms with Crippen molar-refractivity contribution in [3.05, 3.63) is 59.1 Å². The first kappa shape index (κ1) is 17.5. The SMILES string of the molecule is NC(=O)c1ccccc1OCC(=O)N1CCC[C@H]1c1nc2ccccc2s1. The number of carbonyl (C=O) groups is 2. The Morgan fingerprint density at radius 3 is 2.78 bits per heavy atom. The maximum atomic E-state index is 12.8. The van der Waals surface area contributed by atoms with Crippen molar-refractivity contribution < 1.29 is 14.3 Å². The van der Waals surface area contributed by atoms with Crippen molar-refractivity contribution in [2.24, 2.45) is 5.73 Å². The third kappa shape index (κ3) is 3.50. The van der Waals surface area contributed by atoms with E-state index in [1.807, 2.05) is 29.2 Å². The quantitative estimate of drug-likeness (QED) is 0.736. The van der Waals surface area contributed by atoms with E-state index in [0.717, 1.165) is 28.1 Å². The van der Waals surface area contributed by atoms with Crippen LogP contribution >= 0.6 is 11.3 Å². The summed E-state index contributed by atoms with van der Waals surface area (Å²) < 4.78 is 6.73. The Kier molecular flexibility index (Phi) is 4.77. The van der Waals surface area contributed by atoms with Gasteiger partial charge in [-0.1, -0.05) is 24.3 Å². The molecule has 0 unspecified atom stereocenters. The third-order valence-corrected chi connectivity index (χ3v) is 5.81. The predicted molar refractivity (Wildman–Crippen MR) is 104 cm³/mol. The molecule has 7 heteroatoms. The Morgan fingerprint density at radius 1 is 1.19 bits per heavy atom. The number of carbonyl (C=O) groups excluding carboxylic acids is 2. The van der Waals surface area contributed by atoms with Crippen molar-refractivity contribution in [1.82, 2.24) is 9.88 Å². The molecule has 1 aromatic heterocycles. The first-order valence-corrected chi connectivity index (χ1v) is 9.61. The molecule has 1 aliphatic heterocycles. The van der Waals surface area contributed by atoms with E-state index in [2.05, 4.69) is 0 Å². The Hall–Kier alpha value is -2.93. The van der Waals surface area contributed by atoms with Crippen LogP contribution in [0.1, 0.15) is 34.2 Å². The number of hydrogen-bond acceptors (Lipinski definition) is 5. The fourth-order valence-corrected chi connectivity index (χ4v) is 4.49. The van der Waals surface area contributed by atoms with Crippen LogP contribution in [0.15, 0.2) is 48.5 Å². The summed E-state index contributed by atoms with van der Waals surface area (Å²) >= 11 is 1.63. The highest BCUT2D eigenvalue weighted by molar-refractivity contribution is 7.18. The monoisotopic (exact) mass is 381 g/mol. The Balaban J connectivity index is 1.49. The fraction of sp³-hybridized carbons (Fsp3) is 0.250. The summed E-state index contributed by atoms with van der Waals surface area (Å²) in [4.78, 5) is 30.8. The number of amides is 2. The Labute approximate surface area is 160 Å². The number of rotatable bonds is 5. The molecule has 0 bridgehead atoms. The van der Waals surface area contributed by atoms with E-state index in [-0.39, 0.29) is 24.1 Å². The van der Waals surface area contributed by atoms with Gasteiger partial charge in [0.1, 0.15) is 10.8 Å². The number of thiazole rings is 1. The third-order valence-electron chi connectivity index (χ3n) is 4.67. The highest BCUT2D eigenvalue weighted by Crippen LogP contribution is 2.36. The van der Waals surface area contributed by atoms with E-state index in [1.54, 1.807) is 35.6 Å². The van der Waals surface area contributed by atoms with E-state index in [9.17, 15) is 9.59 Å². The van der Waals surface area contributed by atoms with Gasteiger partial charge in [-0.25, -0.2) is 4.98 Å². The summed E-state index contributed by atoms with van der Waals surface area (Å²) in [5, 5.41) is 0.958. The summed E-state index contributed by atoms with van der Waals surface area (Å²) in [6, 6.07) is 14.6. The standard InChI is InChI=1S/C20H19N3O3S/c21-19(25)13-6-1-3-9-16(13)26-12-18(24)23-11-5-8-15(23)20-22-14-7-2-4-10-17(14)27-20/h1-4,6-7,9-10,15H,5,8,11-12H2,(H2,21,25)/t15-/m0/s1. The number of primary amides is 1. The molecule has 138 valence electrons. The zero-order valence-corrected chi connectivity index (χ0v) is 15.4. The number of fused-ring (bicyclic) bond motifs is 1. The van der Waals surface area contributed by atoms with Gasteiger partial charge < -0.3 is 15.4 Å². The van der Waals surface area contributed by atoms with Crippen LogP contribution in [0.2, 0.25) is 0 Å². The molecule has 1 fully saturated rings. The maximum Gasteiger partial charge on any atom is 0.261 e. The average molecular weight is 381 g/mol. The number of likely N-dealkylation sites (tertiary alicyclic amines) is 1. The lowest BCUT2D eigenvalue weighted by Crippen LogP contribution is -2.34. The molecule has 6 nitrogen and oxygen atoms in total. The summed E-state index contributed by atoms with van der Waals surface area (Å²) in [6.07, 6.45) is 1.83. The molecule has 2 heterocycles. The summed E-state index contributed by atoms with van der Waals surface area (Å²) in [5.74, 6) is -0.364. The highest BCUT2D eigenvalue weighted by Gasteiger charge is 2.32. The van der Waals surface area contributed by atoms with Crippen molar-refractivity contribution in [2.75, 3.05) is 13.2 Å². The number of nitrogens with zero attached hydrogens (tertiary/aromatic N) is 2. The second-order valence-electron chi connectivity index (χ2n) is 6.41. The molecule has 3 aromatic rings. The Bertz CT molecular complexity index is 968. The molecule has 0 saturated carbocycles. The van der Waals surface area contributed by atoms with Gasteiger partial charge in [0.15, 0.2) is 6.61 Å². The molecule has 1 aliphatic rings. The van der Waals surface area contributed by atoms with Gasteiger partial charge in [-0.3, -0.25) is 9.59 Å². The molecule has 2 amide bonds. The second kappa shape index (κ2) is 7.36. The van der Waals surface area contributed by atoms with E-state index < -0.39 is 5.91 Å². The maximum absolute atomic E-state index is 12.8. The second-order valence-corrected chi connectivity index (χ2v) is 7.48. The minimum absolute atomic E-state index is 0.0233. The lowest BCUT2D eigenvalue weighted by atomic mass is 10.2. The van der Waals surface area contributed by atoms with Gasteiger partial charge in [0.25, 0.3) is 11.8 Å². The first-order chi connectivity index (χ1) is 13.1. The average Bonchev–Trinajstić information content (AvgIpc) is 3.32. The molecule has 1 saturated heterocycles. The van der Waals surface area contributed by atoms with Crippen molar-refractivity contribution in [1.29, 1.82) is 0 Å². The van der Waals surface area contributed by atoms with Crippen molar-refractivity contribution in [3.63, 3.8) is 0 Å². The number of ether oxygens (including phenoxy) is 1. The lowest BCUT2D eigenvalue weighted by Gasteiger charge is -2.23. The van der Waals surface area contributed by atoms with Crippen LogP contribution in [0, 0.1) is 0 Å². The summed E-state index contributed by atoms with van der Waals surface area (Å²) in [5.41, 5.74) is 6.59. The molecule has 4 rings (SSSR count). The molecule has 27 heavy (non-hydrogen) atoms. The van der Waals surface area contributed by atoms with Crippen LogP contribution in [-0.4, -0.2) is 34.8 Å². The molecule has 1 atom stereocenters. The zero-order chi connectivity index (χ0) is 18.8. The van der Waals surface area contributed by atoms with Crippen molar-refractivity contribution in [2.45, 2.75) is 18.9 Å². The predicted octanol–water partition coefficient (Wildman–Crippen LogP) is 3.14. The van der Waals surface area contributed by atoms with Gasteiger partial charge in [0.2, 0.25) is 0 Å². The van der Waals surface area contributed by atoms with Crippen LogP contribution in [0.25, 0.3) is 10.2 Å². The van der Waals surface area contributed by atoms with E-state index in [1.165, 1.54) is 0 Å². The van der Waals surface area contributed by atoms with Crippen LogP contribution in [0.4, 0.5) is 0 Å². The number of nitrogens with two attached hydrogens (primary N) is 1. The van der Waals surface area contributed by atoms with E-state index in [0.29, 0.717) is 12.3 Å². The van der Waals surface area contributed by atoms with Gasteiger partial charge >= 0.3 is 0 Å². The first-order valence-electron chi connectivity index (χ1n) is 8.80. The van der Waals surface area contributed by atoms with Crippen LogP contribution in [0.3, 0.4) is 0 Å². The van der Waals surface area contributed by atoms with Crippen molar-refractivity contribution in [3.8, 4) is 5.75 Å². The van der Waals surface area contributed by atoms with Gasteiger partial charge in [-0.2, -0.15) is 0 Å². The minimum atomic E-state index is -0.577. The summed E-state index contributed by atoms with van der Waals surface area (Å²) in [6.45, 7) is 0.548. The van der Waals surface area contributed by atoms with Gasteiger partial charge in [-0.05, 0) is 37.1 Å². The largest absolute Gasteiger partial charge is 0.483 e. The van der Waals surface area contributed by atoms with Gasteiger partial charge in [0, 0.05) is 6.54 Å². The van der Waals surface area contributed by atoms with Gasteiger partial charge in [-0.15, -0.1) is 11.3 Å². The fourth-order valence-electron chi connectivity index (χ4n) is 3.37. The topological polar surface area (TPSA) is 85.5 Å². The van der Waals surface area contributed by atoms with E-state index >= 15 is 0 Å². The number of benzene rings is 2. The van der Waals surface area contributed by atoms with Crippen LogP contribution in [0.5, 0.6) is 5.75 Å². The van der Waals surface area contributed by atoms with E-state index in [4.69, 9.17) is 15.5 Å². The molecule has 2 N–H and O–H groups in total. The van der Waals surface area contributed by atoms with Gasteiger partial charge in [0.05, 0.1) is 21.8 Å². The highest BCUT2D eigenvalue weighted by atomic mass is 32.1. The minimum Gasteiger partial charge on any atom is -0.483 e. The molecular formula is C20H19N3O3S. The summed E-state index contributed by atoms with van der Waals surface area (Å²) in [7, 11) is 0. The molecule has 0 aliphatic carbocycles. The molecular weight excluding hydrogens is 362 g/mol. The van der Waals surface area contributed by atoms with Crippen molar-refractivity contribution >= 4 is 33.4 Å². The Morgan fingerprint density at radius 2 is 1.96 bits per heavy atom. The number of aromatic nitrogens is 1. The smallest absolute Gasteiger partial charge is 0.261 e. The number of hydrogen-bond donors (Lipinski definition) is 1. The zero-order valence-electron chi connectivity index (χ0n) is 14.6. The molecule has 0 radical (unpaired) electrons.